The van der Waals surface area contributed by atoms with Crippen molar-refractivity contribution in [2.24, 2.45) is 5.92 Å². The third-order valence-electron chi connectivity index (χ3n) is 1.21. The Labute approximate surface area is 51.9 Å². The second-order valence-electron chi connectivity index (χ2n) is 1.83. The van der Waals surface area contributed by atoms with Crippen molar-refractivity contribution in [2.45, 2.75) is 20.3 Å². The van der Waals surface area contributed by atoms with Crippen LogP contribution >= 0.6 is 0 Å². The quantitative estimate of drug-likeness (QED) is 0.490. The van der Waals surface area contributed by atoms with Crippen LogP contribution in [0.25, 0.3) is 0 Å². The Morgan fingerprint density at radius 1 is 1.62 bits per heavy atom. The van der Waals surface area contributed by atoms with Crippen LogP contribution in [-0.2, 0) is 0 Å². The zero-order valence-electron chi connectivity index (χ0n) is 5.72. The molecule has 1 unspecified atom stereocenters. The van der Waals surface area contributed by atoms with Crippen molar-refractivity contribution < 1.29 is 0 Å². The lowest BCUT2D eigenvalue weighted by Gasteiger charge is -1.98. The standard InChI is InChI=1S/C8H14/c1-4-7-8(5-2)6-3/h4-5,7-8H,2,6H2,1,3H3. The average Bonchev–Trinajstić information content (AvgIpc) is 1.83. The Balaban J connectivity index is 3.52. The summed E-state index contributed by atoms with van der Waals surface area (Å²) in [7, 11) is 0. The number of hydrogen-bond donors (Lipinski definition) is 0. The Kier molecular flexibility index (Phi) is 4.33. The summed E-state index contributed by atoms with van der Waals surface area (Å²) in [4.78, 5) is 0. The molecule has 0 aromatic carbocycles. The van der Waals surface area contributed by atoms with E-state index in [1.54, 1.807) is 0 Å². The zero-order valence-corrected chi connectivity index (χ0v) is 5.72. The highest BCUT2D eigenvalue weighted by Crippen LogP contribution is 2.03. The van der Waals surface area contributed by atoms with Crippen LogP contribution in [0.3, 0.4) is 0 Å². The Hall–Kier alpha value is -0.520. The molecule has 0 aliphatic carbocycles. The zero-order chi connectivity index (χ0) is 6.41. The molecule has 0 aliphatic heterocycles. The number of hydrogen-bond acceptors (Lipinski definition) is 0. The van der Waals surface area contributed by atoms with Gasteiger partial charge in [0.05, 0.1) is 0 Å². The summed E-state index contributed by atoms with van der Waals surface area (Å²) in [6, 6.07) is 0. The van der Waals surface area contributed by atoms with Crippen LogP contribution in [-0.4, -0.2) is 0 Å². The molecule has 0 aromatic heterocycles. The molecule has 0 saturated heterocycles. The van der Waals surface area contributed by atoms with E-state index in [1.165, 1.54) is 0 Å². The van der Waals surface area contributed by atoms with Gasteiger partial charge in [-0.25, -0.2) is 0 Å². The summed E-state index contributed by atoms with van der Waals surface area (Å²) >= 11 is 0. The Morgan fingerprint density at radius 2 is 2.25 bits per heavy atom. The summed E-state index contributed by atoms with van der Waals surface area (Å²) in [5.74, 6) is 0.583. The lowest BCUT2D eigenvalue weighted by molar-refractivity contribution is 0.775. The van der Waals surface area contributed by atoms with Gasteiger partial charge in [0.1, 0.15) is 0 Å². The van der Waals surface area contributed by atoms with E-state index in [2.05, 4.69) is 25.7 Å². The molecule has 0 saturated carbocycles. The fourth-order valence-corrected chi connectivity index (χ4v) is 0.629. The number of rotatable bonds is 3. The molecular weight excluding hydrogens is 96.1 g/mol. The van der Waals surface area contributed by atoms with Gasteiger partial charge in [0.2, 0.25) is 0 Å². The van der Waals surface area contributed by atoms with Crippen LogP contribution in [0, 0.1) is 5.92 Å². The van der Waals surface area contributed by atoms with Gasteiger partial charge in [-0.15, -0.1) is 6.58 Å². The predicted octanol–water partition coefficient (Wildman–Crippen LogP) is 2.77. The third kappa shape index (κ3) is 2.62. The molecule has 1 atom stereocenters. The molecular formula is C8H14. The van der Waals surface area contributed by atoms with Crippen LogP contribution in [0.15, 0.2) is 24.8 Å². The fourth-order valence-electron chi connectivity index (χ4n) is 0.629. The molecule has 0 radical (unpaired) electrons. The highest BCUT2D eigenvalue weighted by atomic mass is 13.9. The smallest absolute Gasteiger partial charge is 0.00589 e. The molecule has 0 heterocycles. The van der Waals surface area contributed by atoms with Gasteiger partial charge in [0, 0.05) is 0 Å². The van der Waals surface area contributed by atoms with E-state index in [0.717, 1.165) is 6.42 Å². The monoisotopic (exact) mass is 110 g/mol. The molecule has 46 valence electrons. The van der Waals surface area contributed by atoms with E-state index in [0.29, 0.717) is 5.92 Å². The minimum absolute atomic E-state index is 0.583. The van der Waals surface area contributed by atoms with Crippen molar-refractivity contribution in [3.8, 4) is 0 Å². The lowest BCUT2D eigenvalue weighted by Crippen LogP contribution is -1.84. The van der Waals surface area contributed by atoms with Crippen LogP contribution in [0.5, 0.6) is 0 Å². The molecule has 0 aliphatic rings. The lowest BCUT2D eigenvalue weighted by atomic mass is 10.1. The van der Waals surface area contributed by atoms with Crippen LogP contribution < -0.4 is 0 Å². The van der Waals surface area contributed by atoms with Crippen molar-refractivity contribution >= 4 is 0 Å². The molecule has 0 aromatic rings. The first kappa shape index (κ1) is 7.48. The second kappa shape index (κ2) is 4.63. The first-order chi connectivity index (χ1) is 3.85. The molecule has 0 heteroatoms. The van der Waals surface area contributed by atoms with E-state index in [4.69, 9.17) is 0 Å². The second-order valence-corrected chi connectivity index (χ2v) is 1.83. The Morgan fingerprint density at radius 3 is 2.38 bits per heavy atom. The summed E-state index contributed by atoms with van der Waals surface area (Å²) in [6.45, 7) is 7.89. The fraction of sp³-hybridized carbons (Fsp3) is 0.500. The SMILES string of the molecule is C=CC(C=CC)CC. The Bertz CT molecular complexity index is 80.0. The van der Waals surface area contributed by atoms with Crippen molar-refractivity contribution in [3.63, 3.8) is 0 Å². The van der Waals surface area contributed by atoms with E-state index < -0.39 is 0 Å². The topological polar surface area (TPSA) is 0 Å². The summed E-state index contributed by atoms with van der Waals surface area (Å²) in [6.07, 6.45) is 7.36. The maximum Gasteiger partial charge on any atom is -0.00589 e. The van der Waals surface area contributed by atoms with Gasteiger partial charge < -0.3 is 0 Å². The van der Waals surface area contributed by atoms with Gasteiger partial charge in [-0.2, -0.15) is 0 Å². The van der Waals surface area contributed by atoms with Gasteiger partial charge >= 0.3 is 0 Å². The molecule has 8 heavy (non-hydrogen) atoms. The summed E-state index contributed by atoms with van der Waals surface area (Å²) in [5, 5.41) is 0. The summed E-state index contributed by atoms with van der Waals surface area (Å²) < 4.78 is 0. The van der Waals surface area contributed by atoms with Crippen LogP contribution in [0.2, 0.25) is 0 Å². The normalized spacial score (nSPS) is 14.2. The van der Waals surface area contributed by atoms with E-state index in [-0.39, 0.29) is 0 Å². The van der Waals surface area contributed by atoms with Crippen molar-refractivity contribution in [2.75, 3.05) is 0 Å². The highest BCUT2D eigenvalue weighted by Gasteiger charge is 1.89. The summed E-state index contributed by atoms with van der Waals surface area (Å²) in [5.41, 5.74) is 0. The highest BCUT2D eigenvalue weighted by molar-refractivity contribution is 4.94. The van der Waals surface area contributed by atoms with Gasteiger partial charge in [0.25, 0.3) is 0 Å². The van der Waals surface area contributed by atoms with Crippen molar-refractivity contribution in [3.05, 3.63) is 24.8 Å². The molecule has 0 rings (SSSR count). The molecule has 0 spiro atoms. The molecule has 0 N–H and O–H groups in total. The van der Waals surface area contributed by atoms with Crippen LogP contribution in [0.1, 0.15) is 20.3 Å². The maximum atomic E-state index is 3.70. The molecule has 0 bridgehead atoms. The first-order valence-corrected chi connectivity index (χ1v) is 3.10. The van der Waals surface area contributed by atoms with Gasteiger partial charge in [-0.05, 0) is 19.3 Å². The third-order valence-corrected chi connectivity index (χ3v) is 1.21. The number of allylic oxidation sites excluding steroid dienone is 3. The van der Waals surface area contributed by atoms with Gasteiger partial charge in [0.15, 0.2) is 0 Å². The van der Waals surface area contributed by atoms with Crippen molar-refractivity contribution in [1.82, 2.24) is 0 Å². The minimum atomic E-state index is 0.583. The molecule has 0 fully saturated rings. The predicted molar refractivity (Wildman–Crippen MR) is 38.8 cm³/mol. The maximum absolute atomic E-state index is 3.70. The molecule has 0 amide bonds. The van der Waals surface area contributed by atoms with Gasteiger partial charge in [-0.1, -0.05) is 25.2 Å². The first-order valence-electron chi connectivity index (χ1n) is 3.10. The van der Waals surface area contributed by atoms with E-state index >= 15 is 0 Å². The van der Waals surface area contributed by atoms with Gasteiger partial charge in [-0.3, -0.25) is 0 Å². The minimum Gasteiger partial charge on any atom is -0.102 e. The van der Waals surface area contributed by atoms with Crippen LogP contribution in [0.4, 0.5) is 0 Å². The average molecular weight is 110 g/mol. The molecule has 0 nitrogen and oxygen atoms in total. The largest absolute Gasteiger partial charge is 0.102 e. The van der Waals surface area contributed by atoms with E-state index in [1.807, 2.05) is 13.0 Å². The van der Waals surface area contributed by atoms with E-state index in [9.17, 15) is 0 Å². The van der Waals surface area contributed by atoms with Crippen molar-refractivity contribution in [1.29, 1.82) is 0 Å².